The Morgan fingerprint density at radius 3 is 2.62 bits per heavy atom. The van der Waals surface area contributed by atoms with Gasteiger partial charge in [0.1, 0.15) is 5.82 Å². The van der Waals surface area contributed by atoms with E-state index in [1.807, 2.05) is 19.2 Å². The Morgan fingerprint density at radius 1 is 1.24 bits per heavy atom. The molecule has 0 unspecified atom stereocenters. The van der Waals surface area contributed by atoms with Crippen molar-refractivity contribution in [2.24, 2.45) is 4.99 Å². The van der Waals surface area contributed by atoms with Gasteiger partial charge in [0.25, 0.3) is 0 Å². The number of rotatable bonds is 4. The van der Waals surface area contributed by atoms with Crippen LogP contribution in [0.4, 0.5) is 5.82 Å². The lowest BCUT2D eigenvalue weighted by molar-refractivity contribution is 0.312. The van der Waals surface area contributed by atoms with E-state index in [2.05, 4.69) is 38.1 Å². The van der Waals surface area contributed by atoms with Gasteiger partial charge in [-0.15, -0.1) is 0 Å². The molecule has 2 saturated heterocycles. The Morgan fingerprint density at radius 2 is 1.97 bits per heavy atom. The van der Waals surface area contributed by atoms with Gasteiger partial charge in [0, 0.05) is 57.6 Å². The Kier molecular flexibility index (Phi) is 6.68. The van der Waals surface area contributed by atoms with Crippen molar-refractivity contribution >= 4 is 21.6 Å². The molecule has 1 aromatic rings. The monoisotopic (exact) mass is 422 g/mol. The van der Waals surface area contributed by atoms with Crippen molar-refractivity contribution in [2.75, 3.05) is 63.5 Å². The third-order valence-corrected chi connectivity index (χ3v) is 8.28. The summed E-state index contributed by atoms with van der Waals surface area (Å²) in [6, 6.07) is 4.03. The van der Waals surface area contributed by atoms with Crippen LogP contribution >= 0.6 is 0 Å². The molecule has 3 heterocycles. The van der Waals surface area contributed by atoms with Crippen LogP contribution in [-0.2, 0) is 16.4 Å². The van der Waals surface area contributed by atoms with Crippen molar-refractivity contribution < 1.29 is 8.42 Å². The molecule has 0 bridgehead atoms. The summed E-state index contributed by atoms with van der Waals surface area (Å²) in [4.78, 5) is 16.2. The van der Waals surface area contributed by atoms with Gasteiger partial charge < -0.3 is 20.0 Å². The van der Waals surface area contributed by atoms with Crippen molar-refractivity contribution in [3.63, 3.8) is 0 Å². The first-order valence-corrected chi connectivity index (χ1v) is 12.0. The molecule has 0 spiro atoms. The molecule has 9 heteroatoms. The Hall–Kier alpha value is -1.87. The van der Waals surface area contributed by atoms with Crippen LogP contribution in [-0.4, -0.2) is 92.5 Å². The number of nitrogens with one attached hydrogen (secondary N) is 1. The molecule has 0 atom stereocenters. The second-order valence-electron chi connectivity index (χ2n) is 8.45. The van der Waals surface area contributed by atoms with Crippen LogP contribution < -0.4 is 10.2 Å². The minimum Gasteiger partial charge on any atom is -0.357 e. The van der Waals surface area contributed by atoms with E-state index in [0.29, 0.717) is 19.6 Å². The first-order chi connectivity index (χ1) is 13.7. The van der Waals surface area contributed by atoms with Crippen LogP contribution in [0.5, 0.6) is 0 Å². The zero-order valence-corrected chi connectivity index (χ0v) is 18.9. The van der Waals surface area contributed by atoms with E-state index in [4.69, 9.17) is 4.99 Å². The first-order valence-electron chi connectivity index (χ1n) is 10.4. The molecule has 0 aliphatic carbocycles. The van der Waals surface area contributed by atoms with E-state index < -0.39 is 14.6 Å². The summed E-state index contributed by atoms with van der Waals surface area (Å²) in [6.07, 6.45) is 1.84. The number of guanidine groups is 1. The van der Waals surface area contributed by atoms with E-state index in [1.54, 1.807) is 13.8 Å². The highest BCUT2D eigenvalue weighted by Crippen LogP contribution is 2.24. The van der Waals surface area contributed by atoms with E-state index in [1.165, 1.54) is 0 Å². The van der Waals surface area contributed by atoms with Gasteiger partial charge in [-0.3, -0.25) is 0 Å². The van der Waals surface area contributed by atoms with Gasteiger partial charge in [0.05, 0.1) is 17.0 Å². The predicted molar refractivity (Wildman–Crippen MR) is 118 cm³/mol. The third-order valence-electron chi connectivity index (χ3n) is 5.75. The van der Waals surface area contributed by atoms with Gasteiger partial charge in [0.2, 0.25) is 0 Å². The molecular formula is C20H34N6O2S. The van der Waals surface area contributed by atoms with Gasteiger partial charge in [-0.2, -0.15) is 0 Å². The van der Waals surface area contributed by atoms with Crippen LogP contribution in [0.25, 0.3) is 0 Å². The van der Waals surface area contributed by atoms with Crippen molar-refractivity contribution in [3.05, 3.63) is 23.9 Å². The number of aliphatic imine (C=N–C) groups is 1. The van der Waals surface area contributed by atoms with Crippen LogP contribution in [0.3, 0.4) is 0 Å². The van der Waals surface area contributed by atoms with Gasteiger partial charge >= 0.3 is 0 Å². The van der Waals surface area contributed by atoms with E-state index >= 15 is 0 Å². The zero-order chi connectivity index (χ0) is 21.1. The maximum atomic E-state index is 12.3. The highest BCUT2D eigenvalue weighted by Gasteiger charge is 2.41. The van der Waals surface area contributed by atoms with Crippen molar-refractivity contribution in [1.29, 1.82) is 0 Å². The van der Waals surface area contributed by atoms with Crippen LogP contribution in [0.1, 0.15) is 26.3 Å². The fraction of sp³-hybridized carbons (Fsp3) is 0.700. The Labute approximate surface area is 174 Å². The minimum atomic E-state index is -3.08. The Balaban J connectivity index is 1.78. The summed E-state index contributed by atoms with van der Waals surface area (Å²) in [6.45, 7) is 11.8. The number of piperazine rings is 1. The minimum absolute atomic E-state index is 0.157. The molecule has 1 N–H and O–H groups in total. The summed E-state index contributed by atoms with van der Waals surface area (Å²) < 4.78 is 23.9. The van der Waals surface area contributed by atoms with Crippen LogP contribution in [0.2, 0.25) is 0 Å². The third kappa shape index (κ3) is 5.01. The van der Waals surface area contributed by atoms with Crippen molar-refractivity contribution in [1.82, 2.24) is 20.1 Å². The van der Waals surface area contributed by atoms with Crippen molar-refractivity contribution in [3.8, 4) is 0 Å². The lowest BCUT2D eigenvalue weighted by Crippen LogP contribution is -2.57. The summed E-state index contributed by atoms with van der Waals surface area (Å²) in [5.74, 6) is 1.93. The van der Waals surface area contributed by atoms with E-state index in [9.17, 15) is 8.42 Å². The van der Waals surface area contributed by atoms with Crippen LogP contribution in [0.15, 0.2) is 23.3 Å². The number of hydrogen-bond donors (Lipinski definition) is 1. The second kappa shape index (κ2) is 8.87. The zero-order valence-electron chi connectivity index (χ0n) is 18.1. The molecule has 0 aromatic carbocycles. The molecule has 2 aliphatic heterocycles. The molecule has 2 fully saturated rings. The lowest BCUT2D eigenvalue weighted by atomic mass is 10.2. The lowest BCUT2D eigenvalue weighted by Gasteiger charge is -2.39. The molecule has 29 heavy (non-hydrogen) atoms. The highest BCUT2D eigenvalue weighted by atomic mass is 32.2. The summed E-state index contributed by atoms with van der Waals surface area (Å²) in [5.41, 5.74) is 1.09. The van der Waals surface area contributed by atoms with Gasteiger partial charge in [0.15, 0.2) is 15.8 Å². The maximum Gasteiger partial charge on any atom is 0.194 e. The highest BCUT2D eigenvalue weighted by molar-refractivity contribution is 7.92. The van der Waals surface area contributed by atoms with E-state index in [-0.39, 0.29) is 5.75 Å². The van der Waals surface area contributed by atoms with Crippen molar-refractivity contribution in [2.45, 2.75) is 32.1 Å². The fourth-order valence-electron chi connectivity index (χ4n) is 3.77. The average Bonchev–Trinajstić information content (AvgIpc) is 2.68. The number of likely N-dealkylation sites (N-methyl/N-ethyl adjacent to an activating group) is 1. The average molecular weight is 423 g/mol. The molecule has 8 nitrogen and oxygen atoms in total. The first kappa shape index (κ1) is 21.8. The summed E-state index contributed by atoms with van der Waals surface area (Å²) in [7, 11) is -0.937. The van der Waals surface area contributed by atoms with E-state index in [0.717, 1.165) is 50.1 Å². The second-order valence-corrected chi connectivity index (χ2v) is 11.2. The standard InChI is InChI=1S/C20H34N6O2S/c1-5-21-19(26-13-14-29(27,28)20(2,3)16-26)23-15-17-7-6-8-22-18(17)25-11-9-24(4)10-12-25/h6-8H,5,9-16H2,1-4H3,(H,21,23). The molecule has 2 aliphatic rings. The number of aromatic nitrogens is 1. The Bertz CT molecular complexity index is 831. The number of pyridine rings is 1. The van der Waals surface area contributed by atoms with Gasteiger partial charge in [-0.25, -0.2) is 18.4 Å². The number of anilines is 1. The number of nitrogens with zero attached hydrogens (tertiary/aromatic N) is 5. The number of sulfone groups is 1. The molecular weight excluding hydrogens is 388 g/mol. The number of hydrogen-bond acceptors (Lipinski definition) is 6. The molecule has 0 amide bonds. The van der Waals surface area contributed by atoms with Gasteiger partial charge in [-0.1, -0.05) is 6.07 Å². The molecule has 0 radical (unpaired) electrons. The summed E-state index contributed by atoms with van der Waals surface area (Å²) in [5, 5.41) is 3.33. The summed E-state index contributed by atoms with van der Waals surface area (Å²) >= 11 is 0. The predicted octanol–water partition coefficient (Wildman–Crippen LogP) is 0.808. The molecule has 3 rings (SSSR count). The molecule has 1 aromatic heterocycles. The molecule has 0 saturated carbocycles. The topological polar surface area (TPSA) is 81.1 Å². The fourth-order valence-corrected chi connectivity index (χ4v) is 5.13. The largest absolute Gasteiger partial charge is 0.357 e. The quantitative estimate of drug-likeness (QED) is 0.568. The van der Waals surface area contributed by atoms with Gasteiger partial charge in [-0.05, 0) is 33.9 Å². The maximum absolute atomic E-state index is 12.3. The normalized spacial score (nSPS) is 22.6. The SMILES string of the molecule is CCNC(=NCc1cccnc1N1CCN(C)CC1)N1CCS(=O)(=O)C(C)(C)C1. The molecule has 162 valence electrons. The smallest absolute Gasteiger partial charge is 0.194 e. The van der Waals surface area contributed by atoms with Crippen LogP contribution in [0, 0.1) is 0 Å².